The first kappa shape index (κ1) is 17.5. The van der Waals surface area contributed by atoms with Gasteiger partial charge in [0, 0.05) is 0 Å². The quantitative estimate of drug-likeness (QED) is 0.638. The number of methoxy groups -OCH3 is 1. The van der Waals surface area contributed by atoms with Crippen molar-refractivity contribution in [2.45, 2.75) is 70.9 Å². The number of nitrogens with one attached hydrogen (secondary N) is 1. The van der Waals surface area contributed by atoms with Crippen molar-refractivity contribution in [2.24, 2.45) is 0 Å². The van der Waals surface area contributed by atoms with Crippen molar-refractivity contribution >= 4 is 12.1 Å². The Hall–Kier alpha value is -1.52. The topological polar surface area (TPSA) is 64.6 Å². The molecule has 0 bridgehead atoms. The number of amides is 1. The van der Waals surface area contributed by atoms with Gasteiger partial charge in [-0.1, -0.05) is 18.1 Å². The van der Waals surface area contributed by atoms with Gasteiger partial charge in [0.15, 0.2) is 0 Å². The van der Waals surface area contributed by atoms with E-state index < -0.39 is 23.7 Å². The van der Waals surface area contributed by atoms with Gasteiger partial charge in [-0.2, -0.15) is 0 Å². The first-order chi connectivity index (χ1) is 9.81. The van der Waals surface area contributed by atoms with Gasteiger partial charge < -0.3 is 14.8 Å². The molecule has 0 aromatic rings. The number of carbonyl (C=O) groups excluding carboxylic acids is 2. The highest BCUT2D eigenvalue weighted by atomic mass is 16.6. The molecule has 1 rings (SSSR count). The number of esters is 1. The Kier molecular flexibility index (Phi) is 6.72. The highest BCUT2D eigenvalue weighted by molar-refractivity contribution is 5.81. The van der Waals surface area contributed by atoms with E-state index in [1.807, 2.05) is 0 Å². The number of hydrogen-bond donors (Lipinski definition) is 1. The third-order valence-electron chi connectivity index (χ3n) is 3.28. The normalized spacial score (nSPS) is 17.2. The van der Waals surface area contributed by atoms with Crippen LogP contribution < -0.4 is 5.32 Å². The SMILES string of the molecule is COC(=O)[C@H](CC1=CCCCCC1)NC(=O)OC(C)(C)C. The average molecular weight is 297 g/mol. The molecule has 0 aromatic heterocycles. The molecule has 1 aliphatic rings. The number of hydrogen-bond acceptors (Lipinski definition) is 4. The lowest BCUT2D eigenvalue weighted by Gasteiger charge is -2.23. The average Bonchev–Trinajstić information content (AvgIpc) is 2.63. The van der Waals surface area contributed by atoms with E-state index in [-0.39, 0.29) is 0 Å². The van der Waals surface area contributed by atoms with Crippen LogP contribution in [0.5, 0.6) is 0 Å². The summed E-state index contributed by atoms with van der Waals surface area (Å²) in [6, 6.07) is -0.686. The highest BCUT2D eigenvalue weighted by Gasteiger charge is 2.26. The minimum Gasteiger partial charge on any atom is -0.467 e. The number of ether oxygens (including phenoxy) is 2. The van der Waals surface area contributed by atoms with E-state index >= 15 is 0 Å². The van der Waals surface area contributed by atoms with Crippen molar-refractivity contribution in [1.82, 2.24) is 5.32 Å². The molecule has 5 nitrogen and oxygen atoms in total. The van der Waals surface area contributed by atoms with Gasteiger partial charge in [0.25, 0.3) is 0 Å². The van der Waals surface area contributed by atoms with Gasteiger partial charge >= 0.3 is 12.1 Å². The monoisotopic (exact) mass is 297 g/mol. The first-order valence-electron chi connectivity index (χ1n) is 7.57. The fourth-order valence-corrected chi connectivity index (χ4v) is 2.31. The fourth-order valence-electron chi connectivity index (χ4n) is 2.31. The first-order valence-corrected chi connectivity index (χ1v) is 7.57. The third kappa shape index (κ3) is 7.16. The largest absolute Gasteiger partial charge is 0.467 e. The highest BCUT2D eigenvalue weighted by Crippen LogP contribution is 2.21. The Morgan fingerprint density at radius 1 is 1.29 bits per heavy atom. The van der Waals surface area contributed by atoms with Crippen LogP contribution in [0.2, 0.25) is 0 Å². The van der Waals surface area contributed by atoms with Crippen molar-refractivity contribution in [2.75, 3.05) is 7.11 Å². The molecule has 1 N–H and O–H groups in total. The minimum absolute atomic E-state index is 0.439. The summed E-state index contributed by atoms with van der Waals surface area (Å²) in [6.07, 6.45) is 7.62. The van der Waals surface area contributed by atoms with Gasteiger partial charge in [-0.3, -0.25) is 0 Å². The molecule has 0 heterocycles. The van der Waals surface area contributed by atoms with Crippen LogP contribution in [-0.2, 0) is 14.3 Å². The lowest BCUT2D eigenvalue weighted by molar-refractivity contribution is -0.143. The molecule has 0 saturated heterocycles. The summed E-state index contributed by atoms with van der Waals surface area (Å²) < 4.78 is 9.98. The second-order valence-electron chi connectivity index (χ2n) is 6.39. The Labute approximate surface area is 127 Å². The van der Waals surface area contributed by atoms with Gasteiger partial charge in [-0.05, 0) is 52.9 Å². The summed E-state index contributed by atoms with van der Waals surface area (Å²) in [5.41, 5.74) is 0.616. The zero-order chi connectivity index (χ0) is 15.9. The van der Waals surface area contributed by atoms with Crippen LogP contribution in [0, 0.1) is 0 Å². The number of allylic oxidation sites excluding steroid dienone is 1. The maximum absolute atomic E-state index is 11.9. The van der Waals surface area contributed by atoms with Crippen LogP contribution in [0.4, 0.5) is 4.79 Å². The summed E-state index contributed by atoms with van der Waals surface area (Å²) in [7, 11) is 1.33. The van der Waals surface area contributed by atoms with E-state index in [1.54, 1.807) is 20.8 Å². The summed E-state index contributed by atoms with van der Waals surface area (Å²) >= 11 is 0. The fraction of sp³-hybridized carbons (Fsp3) is 0.750. The predicted octanol–water partition coefficient (Wildman–Crippen LogP) is 3.33. The predicted molar refractivity (Wildman–Crippen MR) is 81.0 cm³/mol. The van der Waals surface area contributed by atoms with Gasteiger partial charge in [0.2, 0.25) is 0 Å². The van der Waals surface area contributed by atoms with Gasteiger partial charge in [0.05, 0.1) is 7.11 Å². The summed E-state index contributed by atoms with van der Waals surface area (Å²) in [4.78, 5) is 23.7. The van der Waals surface area contributed by atoms with Gasteiger partial charge in [-0.15, -0.1) is 0 Å². The lowest BCUT2D eigenvalue weighted by atomic mass is 10.0. The summed E-state index contributed by atoms with van der Waals surface area (Å²) in [5.74, 6) is -0.439. The Morgan fingerprint density at radius 3 is 2.62 bits per heavy atom. The molecule has 5 heteroatoms. The molecule has 120 valence electrons. The molecule has 0 aromatic carbocycles. The smallest absolute Gasteiger partial charge is 0.408 e. The molecule has 0 aliphatic heterocycles. The van der Waals surface area contributed by atoms with Crippen LogP contribution in [0.15, 0.2) is 11.6 Å². The maximum Gasteiger partial charge on any atom is 0.408 e. The zero-order valence-electron chi connectivity index (χ0n) is 13.5. The molecular formula is C16H27NO4. The van der Waals surface area contributed by atoms with Crippen LogP contribution in [0.25, 0.3) is 0 Å². The van der Waals surface area contributed by atoms with Crippen molar-refractivity contribution in [3.8, 4) is 0 Å². The third-order valence-corrected chi connectivity index (χ3v) is 3.28. The lowest BCUT2D eigenvalue weighted by Crippen LogP contribution is -2.44. The van der Waals surface area contributed by atoms with Crippen molar-refractivity contribution in [3.05, 3.63) is 11.6 Å². The standard InChI is InChI=1S/C16H27NO4/c1-16(2,3)21-15(19)17-13(14(18)20-4)11-12-9-7-5-6-8-10-12/h9,13H,5-8,10-11H2,1-4H3,(H,17,19)/t13-/m0/s1. The summed E-state index contributed by atoms with van der Waals surface area (Å²) in [6.45, 7) is 5.36. The van der Waals surface area contributed by atoms with E-state index in [2.05, 4.69) is 11.4 Å². The Morgan fingerprint density at radius 2 is 2.00 bits per heavy atom. The molecule has 0 radical (unpaired) electrons. The second kappa shape index (κ2) is 8.05. The van der Waals surface area contributed by atoms with Crippen molar-refractivity contribution in [3.63, 3.8) is 0 Å². The molecule has 0 spiro atoms. The summed E-state index contributed by atoms with van der Waals surface area (Å²) in [5, 5.41) is 2.62. The van der Waals surface area contributed by atoms with E-state index in [9.17, 15) is 9.59 Å². The molecule has 1 amide bonds. The zero-order valence-corrected chi connectivity index (χ0v) is 13.5. The molecule has 0 fully saturated rings. The Bertz CT molecular complexity index is 396. The molecule has 0 unspecified atom stereocenters. The van der Waals surface area contributed by atoms with Crippen LogP contribution >= 0.6 is 0 Å². The van der Waals surface area contributed by atoms with E-state index in [0.717, 1.165) is 19.3 Å². The molecule has 21 heavy (non-hydrogen) atoms. The van der Waals surface area contributed by atoms with Crippen LogP contribution in [0.1, 0.15) is 59.3 Å². The number of rotatable bonds is 4. The Balaban J connectivity index is 2.65. The van der Waals surface area contributed by atoms with Gasteiger partial charge in [0.1, 0.15) is 11.6 Å². The van der Waals surface area contributed by atoms with E-state index in [0.29, 0.717) is 6.42 Å². The molecular weight excluding hydrogens is 270 g/mol. The van der Waals surface area contributed by atoms with Crippen molar-refractivity contribution < 1.29 is 19.1 Å². The number of alkyl carbamates (subject to hydrolysis) is 1. The van der Waals surface area contributed by atoms with E-state index in [4.69, 9.17) is 9.47 Å². The van der Waals surface area contributed by atoms with Gasteiger partial charge in [-0.25, -0.2) is 9.59 Å². The number of carbonyl (C=O) groups is 2. The molecule has 1 aliphatic carbocycles. The van der Waals surface area contributed by atoms with Crippen LogP contribution in [0.3, 0.4) is 0 Å². The molecule has 0 saturated carbocycles. The maximum atomic E-state index is 11.9. The second-order valence-corrected chi connectivity index (χ2v) is 6.39. The van der Waals surface area contributed by atoms with E-state index in [1.165, 1.54) is 25.5 Å². The molecule has 1 atom stereocenters. The minimum atomic E-state index is -0.686. The van der Waals surface area contributed by atoms with Crippen LogP contribution in [-0.4, -0.2) is 30.8 Å². The van der Waals surface area contributed by atoms with Crippen molar-refractivity contribution in [1.29, 1.82) is 0 Å².